The van der Waals surface area contributed by atoms with Gasteiger partial charge in [0, 0.05) is 13.2 Å². The SMILES string of the molecule is COCC(C)OC(C)C(C)N. The van der Waals surface area contributed by atoms with E-state index in [1.54, 1.807) is 7.11 Å². The van der Waals surface area contributed by atoms with Crippen LogP contribution in [0, 0.1) is 0 Å². The lowest BCUT2D eigenvalue weighted by Gasteiger charge is -2.21. The summed E-state index contributed by atoms with van der Waals surface area (Å²) < 4.78 is 10.4. The van der Waals surface area contributed by atoms with Crippen molar-refractivity contribution in [3.8, 4) is 0 Å². The lowest BCUT2D eigenvalue weighted by atomic mass is 10.2. The lowest BCUT2D eigenvalue weighted by Crippen LogP contribution is -2.35. The van der Waals surface area contributed by atoms with Crippen molar-refractivity contribution >= 4 is 0 Å². The molecule has 0 aliphatic heterocycles. The van der Waals surface area contributed by atoms with E-state index in [2.05, 4.69) is 0 Å². The molecule has 0 radical (unpaired) electrons. The number of hydrogen-bond acceptors (Lipinski definition) is 3. The third-order valence-electron chi connectivity index (χ3n) is 1.59. The average molecular weight is 161 g/mol. The van der Waals surface area contributed by atoms with Crippen LogP contribution in [-0.4, -0.2) is 32.0 Å². The zero-order chi connectivity index (χ0) is 8.85. The van der Waals surface area contributed by atoms with Crippen molar-refractivity contribution in [1.29, 1.82) is 0 Å². The molecular formula is C8H19NO2. The maximum atomic E-state index is 5.61. The van der Waals surface area contributed by atoms with E-state index in [-0.39, 0.29) is 18.2 Å². The van der Waals surface area contributed by atoms with Gasteiger partial charge in [0.2, 0.25) is 0 Å². The molecule has 11 heavy (non-hydrogen) atoms. The standard InChI is InChI=1S/C8H19NO2/c1-6(5-10-4)11-8(3)7(2)9/h6-8H,5,9H2,1-4H3. The largest absolute Gasteiger partial charge is 0.382 e. The summed E-state index contributed by atoms with van der Waals surface area (Å²) in [6, 6.07) is 0.0781. The molecule has 68 valence electrons. The summed E-state index contributed by atoms with van der Waals surface area (Å²) in [5.74, 6) is 0. The van der Waals surface area contributed by atoms with Gasteiger partial charge in [-0.15, -0.1) is 0 Å². The first-order valence-electron chi connectivity index (χ1n) is 3.98. The Morgan fingerprint density at radius 1 is 1.27 bits per heavy atom. The molecule has 0 bridgehead atoms. The van der Waals surface area contributed by atoms with Crippen molar-refractivity contribution in [2.45, 2.75) is 39.0 Å². The average Bonchev–Trinajstić information content (AvgIpc) is 1.87. The van der Waals surface area contributed by atoms with Gasteiger partial charge in [-0.05, 0) is 20.8 Å². The van der Waals surface area contributed by atoms with Crippen LogP contribution in [0.3, 0.4) is 0 Å². The van der Waals surface area contributed by atoms with E-state index in [4.69, 9.17) is 15.2 Å². The quantitative estimate of drug-likeness (QED) is 0.648. The first-order valence-corrected chi connectivity index (χ1v) is 3.98. The van der Waals surface area contributed by atoms with Crippen LogP contribution < -0.4 is 5.73 Å². The Bertz CT molecular complexity index is 96.1. The number of methoxy groups -OCH3 is 1. The van der Waals surface area contributed by atoms with Crippen molar-refractivity contribution in [1.82, 2.24) is 0 Å². The molecule has 0 rings (SSSR count). The van der Waals surface area contributed by atoms with E-state index in [0.717, 1.165) is 0 Å². The third-order valence-corrected chi connectivity index (χ3v) is 1.59. The van der Waals surface area contributed by atoms with Gasteiger partial charge in [0.05, 0.1) is 18.8 Å². The zero-order valence-corrected chi connectivity index (χ0v) is 7.83. The van der Waals surface area contributed by atoms with Crippen molar-refractivity contribution < 1.29 is 9.47 Å². The molecule has 2 N–H and O–H groups in total. The van der Waals surface area contributed by atoms with Crippen LogP contribution >= 0.6 is 0 Å². The van der Waals surface area contributed by atoms with Crippen LogP contribution in [0.25, 0.3) is 0 Å². The summed E-state index contributed by atoms with van der Waals surface area (Å²) in [4.78, 5) is 0. The van der Waals surface area contributed by atoms with E-state index in [9.17, 15) is 0 Å². The predicted octanol–water partition coefficient (Wildman–Crippen LogP) is 0.774. The van der Waals surface area contributed by atoms with Gasteiger partial charge in [-0.3, -0.25) is 0 Å². The topological polar surface area (TPSA) is 44.5 Å². The summed E-state index contributed by atoms with van der Waals surface area (Å²) in [7, 11) is 1.66. The first kappa shape index (κ1) is 10.9. The van der Waals surface area contributed by atoms with Crippen molar-refractivity contribution in [2.75, 3.05) is 13.7 Å². The monoisotopic (exact) mass is 161 g/mol. The van der Waals surface area contributed by atoms with E-state index in [0.29, 0.717) is 6.61 Å². The number of hydrogen-bond donors (Lipinski definition) is 1. The molecule has 0 aliphatic carbocycles. The van der Waals surface area contributed by atoms with Crippen molar-refractivity contribution in [2.24, 2.45) is 5.73 Å². The molecule has 0 fully saturated rings. The zero-order valence-electron chi connectivity index (χ0n) is 7.83. The van der Waals surface area contributed by atoms with Gasteiger partial charge in [0.25, 0.3) is 0 Å². The summed E-state index contributed by atoms with van der Waals surface area (Å²) in [5, 5.41) is 0. The fraction of sp³-hybridized carbons (Fsp3) is 1.00. The van der Waals surface area contributed by atoms with Crippen LogP contribution in [0.15, 0.2) is 0 Å². The highest BCUT2D eigenvalue weighted by molar-refractivity contribution is 4.64. The summed E-state index contributed by atoms with van der Waals surface area (Å²) in [6.07, 6.45) is 0.223. The minimum Gasteiger partial charge on any atom is -0.382 e. The van der Waals surface area contributed by atoms with Gasteiger partial charge in [-0.25, -0.2) is 0 Å². The minimum absolute atomic E-state index is 0.0781. The lowest BCUT2D eigenvalue weighted by molar-refractivity contribution is -0.0381. The Morgan fingerprint density at radius 3 is 2.18 bits per heavy atom. The molecule has 3 heteroatoms. The Balaban J connectivity index is 3.48. The molecule has 3 atom stereocenters. The van der Waals surface area contributed by atoms with Crippen molar-refractivity contribution in [3.05, 3.63) is 0 Å². The van der Waals surface area contributed by atoms with Gasteiger partial charge in [-0.1, -0.05) is 0 Å². The van der Waals surface area contributed by atoms with Crippen LogP contribution in [0.5, 0.6) is 0 Å². The molecule has 3 nitrogen and oxygen atoms in total. The van der Waals surface area contributed by atoms with E-state index >= 15 is 0 Å². The first-order chi connectivity index (χ1) is 5.07. The van der Waals surface area contributed by atoms with E-state index in [1.165, 1.54) is 0 Å². The maximum Gasteiger partial charge on any atom is 0.0784 e. The van der Waals surface area contributed by atoms with Gasteiger partial charge >= 0.3 is 0 Å². The van der Waals surface area contributed by atoms with Gasteiger partial charge < -0.3 is 15.2 Å². The second kappa shape index (κ2) is 5.52. The third kappa shape index (κ3) is 5.18. The fourth-order valence-electron chi connectivity index (χ4n) is 0.764. The number of ether oxygens (including phenoxy) is 2. The molecule has 0 amide bonds. The van der Waals surface area contributed by atoms with Gasteiger partial charge in [0.15, 0.2) is 0 Å². The molecule has 0 aromatic rings. The highest BCUT2D eigenvalue weighted by atomic mass is 16.5. The summed E-state index contributed by atoms with van der Waals surface area (Å²) in [5.41, 5.74) is 5.61. The summed E-state index contributed by atoms with van der Waals surface area (Å²) in [6.45, 7) is 6.50. The Labute approximate surface area is 68.9 Å². The molecule has 0 saturated heterocycles. The van der Waals surface area contributed by atoms with E-state index in [1.807, 2.05) is 20.8 Å². The predicted molar refractivity (Wildman–Crippen MR) is 45.5 cm³/mol. The highest BCUT2D eigenvalue weighted by Gasteiger charge is 2.11. The Kier molecular flexibility index (Phi) is 5.46. The molecule has 0 spiro atoms. The molecule has 0 aliphatic rings. The van der Waals surface area contributed by atoms with E-state index < -0.39 is 0 Å². The van der Waals surface area contributed by atoms with Crippen LogP contribution in [-0.2, 0) is 9.47 Å². The molecule has 3 unspecified atom stereocenters. The fourth-order valence-corrected chi connectivity index (χ4v) is 0.764. The van der Waals surface area contributed by atoms with Crippen LogP contribution in [0.4, 0.5) is 0 Å². The highest BCUT2D eigenvalue weighted by Crippen LogP contribution is 2.00. The van der Waals surface area contributed by atoms with Crippen molar-refractivity contribution in [3.63, 3.8) is 0 Å². The summed E-state index contributed by atoms with van der Waals surface area (Å²) >= 11 is 0. The Hall–Kier alpha value is -0.120. The maximum absolute atomic E-state index is 5.61. The van der Waals surface area contributed by atoms with Crippen LogP contribution in [0.1, 0.15) is 20.8 Å². The smallest absolute Gasteiger partial charge is 0.0784 e. The molecule has 0 saturated carbocycles. The normalized spacial score (nSPS) is 19.4. The molecule has 0 aromatic carbocycles. The van der Waals surface area contributed by atoms with Gasteiger partial charge in [-0.2, -0.15) is 0 Å². The molecule has 0 heterocycles. The number of nitrogens with two attached hydrogens (primary N) is 1. The van der Waals surface area contributed by atoms with Gasteiger partial charge in [0.1, 0.15) is 0 Å². The second-order valence-corrected chi connectivity index (χ2v) is 2.97. The second-order valence-electron chi connectivity index (χ2n) is 2.97. The Morgan fingerprint density at radius 2 is 1.82 bits per heavy atom. The molecule has 0 aromatic heterocycles. The van der Waals surface area contributed by atoms with Crippen LogP contribution in [0.2, 0.25) is 0 Å². The molecular weight excluding hydrogens is 142 g/mol. The number of rotatable bonds is 5. The minimum atomic E-state index is 0.0781.